The van der Waals surface area contributed by atoms with Gasteiger partial charge >= 0.3 is 0 Å². The third kappa shape index (κ3) is 4.45. The van der Waals surface area contributed by atoms with E-state index in [0.717, 1.165) is 22.3 Å². The zero-order valence-corrected chi connectivity index (χ0v) is 18.5. The van der Waals surface area contributed by atoms with Crippen molar-refractivity contribution in [2.75, 3.05) is 6.61 Å². The molecule has 0 amide bonds. The molecule has 1 saturated carbocycles. The van der Waals surface area contributed by atoms with E-state index < -0.39 is 6.10 Å². The monoisotopic (exact) mass is 447 g/mol. The number of ether oxygens (including phenoxy) is 1. The fourth-order valence-electron chi connectivity index (χ4n) is 4.12. The molecule has 0 spiro atoms. The smallest absolute Gasteiger partial charge is 0.203 e. The van der Waals surface area contributed by atoms with E-state index in [1.54, 1.807) is 0 Å². The molecule has 1 unspecified atom stereocenters. The van der Waals surface area contributed by atoms with Gasteiger partial charge < -0.3 is 19.0 Å². The lowest BCUT2D eigenvalue weighted by Crippen LogP contribution is -2.31. The first-order chi connectivity index (χ1) is 15.6. The highest BCUT2D eigenvalue weighted by Gasteiger charge is 2.23. The average Bonchev–Trinajstić information content (AvgIpc) is 3.63. The third-order valence-electron chi connectivity index (χ3n) is 5.99. The topological polar surface area (TPSA) is 63.2 Å². The molecule has 1 heterocycles. The van der Waals surface area contributed by atoms with Crippen LogP contribution in [0, 0.1) is 5.41 Å². The molecule has 1 aromatic heterocycles. The Balaban J connectivity index is 1.32. The number of aliphatic hydroxyl groups is 1. The molecule has 5 rings (SSSR count). The number of halogens is 1. The minimum atomic E-state index is -0.734. The molecular weight excluding hydrogens is 422 g/mol. The summed E-state index contributed by atoms with van der Waals surface area (Å²) in [4.78, 5) is 0. The van der Waals surface area contributed by atoms with Crippen molar-refractivity contribution >= 4 is 22.6 Å². The minimum absolute atomic E-state index is 0.173. The van der Waals surface area contributed by atoms with E-state index in [2.05, 4.69) is 12.1 Å². The zero-order chi connectivity index (χ0) is 22.1. The van der Waals surface area contributed by atoms with Crippen LogP contribution >= 0.6 is 11.6 Å². The summed E-state index contributed by atoms with van der Waals surface area (Å²) in [6.45, 7) is 1.02. The first-order valence-electron chi connectivity index (χ1n) is 11.0. The number of nitrogens with one attached hydrogen (secondary N) is 1. The standard InChI is InChI=1S/C26H26ClN3O2/c27-21-11-5-18(6-12-21)15-29-24-3-1-2-4-25(24)30(26(29)28)16-22(31)17-32-23-13-9-20(10-14-23)19-7-8-19/h1-6,9-14,19,22,28,31H,7-8,15-17H2. The average molecular weight is 448 g/mol. The number of rotatable bonds is 8. The van der Waals surface area contributed by atoms with Crippen molar-refractivity contribution in [3.63, 3.8) is 0 Å². The van der Waals surface area contributed by atoms with Crippen LogP contribution in [0.4, 0.5) is 0 Å². The molecule has 6 heteroatoms. The van der Waals surface area contributed by atoms with Crippen molar-refractivity contribution in [1.29, 1.82) is 5.41 Å². The van der Waals surface area contributed by atoms with Crippen molar-refractivity contribution in [3.05, 3.63) is 94.6 Å². The van der Waals surface area contributed by atoms with E-state index in [1.165, 1.54) is 18.4 Å². The molecule has 1 fully saturated rings. The van der Waals surface area contributed by atoms with E-state index in [4.69, 9.17) is 21.7 Å². The fraction of sp³-hybridized carbons (Fsp3) is 0.269. The van der Waals surface area contributed by atoms with Crippen LogP contribution in [-0.4, -0.2) is 27.0 Å². The Kier molecular flexibility index (Phi) is 5.77. The quantitative estimate of drug-likeness (QED) is 0.401. The van der Waals surface area contributed by atoms with Gasteiger partial charge in [-0.05, 0) is 66.3 Å². The van der Waals surface area contributed by atoms with E-state index in [9.17, 15) is 5.11 Å². The maximum Gasteiger partial charge on any atom is 0.203 e. The molecule has 0 radical (unpaired) electrons. The molecule has 5 nitrogen and oxygen atoms in total. The second kappa shape index (κ2) is 8.85. The van der Waals surface area contributed by atoms with Gasteiger partial charge in [-0.2, -0.15) is 0 Å². The molecule has 0 saturated heterocycles. The van der Waals surface area contributed by atoms with Gasteiger partial charge in [0.1, 0.15) is 18.5 Å². The summed E-state index contributed by atoms with van der Waals surface area (Å²) in [5.41, 5.74) is 4.64. The predicted molar refractivity (Wildman–Crippen MR) is 126 cm³/mol. The largest absolute Gasteiger partial charge is 0.491 e. The second-order valence-electron chi connectivity index (χ2n) is 8.44. The summed E-state index contributed by atoms with van der Waals surface area (Å²) in [6.07, 6.45) is 1.82. The van der Waals surface area contributed by atoms with Crippen LogP contribution in [0.3, 0.4) is 0 Å². The molecule has 32 heavy (non-hydrogen) atoms. The van der Waals surface area contributed by atoms with Crippen LogP contribution < -0.4 is 10.4 Å². The van der Waals surface area contributed by atoms with Gasteiger partial charge in [0, 0.05) is 5.02 Å². The predicted octanol–water partition coefficient (Wildman–Crippen LogP) is 4.94. The first-order valence-corrected chi connectivity index (χ1v) is 11.3. The van der Waals surface area contributed by atoms with Gasteiger partial charge in [0.05, 0.1) is 24.1 Å². The lowest BCUT2D eigenvalue weighted by atomic mass is 10.1. The van der Waals surface area contributed by atoms with Crippen molar-refractivity contribution in [2.45, 2.75) is 38.0 Å². The summed E-state index contributed by atoms with van der Waals surface area (Å²) in [7, 11) is 0. The van der Waals surface area contributed by atoms with E-state index >= 15 is 0 Å². The summed E-state index contributed by atoms with van der Waals surface area (Å²) in [5, 5.41) is 20.1. The molecular formula is C26H26ClN3O2. The molecule has 1 aliphatic rings. The van der Waals surface area contributed by atoms with Gasteiger partial charge in [-0.25, -0.2) is 0 Å². The maximum atomic E-state index is 10.7. The summed E-state index contributed by atoms with van der Waals surface area (Å²) >= 11 is 6.01. The minimum Gasteiger partial charge on any atom is -0.491 e. The van der Waals surface area contributed by atoms with Crippen LogP contribution in [0.15, 0.2) is 72.8 Å². The fourth-order valence-corrected chi connectivity index (χ4v) is 4.25. The van der Waals surface area contributed by atoms with Crippen molar-refractivity contribution < 1.29 is 9.84 Å². The van der Waals surface area contributed by atoms with Gasteiger partial charge in [0.15, 0.2) is 0 Å². The first kappa shape index (κ1) is 20.9. The van der Waals surface area contributed by atoms with Crippen LogP contribution in [-0.2, 0) is 13.1 Å². The number of fused-ring (bicyclic) bond motifs is 1. The molecule has 2 N–H and O–H groups in total. The molecule has 164 valence electrons. The number of imidazole rings is 1. The van der Waals surface area contributed by atoms with Crippen molar-refractivity contribution in [1.82, 2.24) is 9.13 Å². The Labute approximate surface area is 192 Å². The highest BCUT2D eigenvalue weighted by molar-refractivity contribution is 6.30. The van der Waals surface area contributed by atoms with Gasteiger partial charge in [-0.1, -0.05) is 48.0 Å². The molecule has 0 aliphatic heterocycles. The number of hydrogen-bond donors (Lipinski definition) is 2. The SMILES string of the molecule is N=c1n(Cc2ccc(Cl)cc2)c2ccccc2n1CC(O)COc1ccc(C2CC2)cc1. The molecule has 4 aromatic rings. The third-order valence-corrected chi connectivity index (χ3v) is 6.25. The Hall–Kier alpha value is -3.02. The highest BCUT2D eigenvalue weighted by atomic mass is 35.5. The van der Waals surface area contributed by atoms with Crippen LogP contribution in [0.2, 0.25) is 5.02 Å². The van der Waals surface area contributed by atoms with Gasteiger partial charge in [-0.15, -0.1) is 0 Å². The van der Waals surface area contributed by atoms with Crippen molar-refractivity contribution in [2.24, 2.45) is 0 Å². The highest BCUT2D eigenvalue weighted by Crippen LogP contribution is 2.40. The number of aromatic nitrogens is 2. The number of hydrogen-bond acceptors (Lipinski definition) is 3. The molecule has 3 aromatic carbocycles. The van der Waals surface area contributed by atoms with E-state index in [1.807, 2.05) is 69.8 Å². The molecule has 1 atom stereocenters. The molecule has 0 bridgehead atoms. The number of nitrogens with zero attached hydrogens (tertiary/aromatic N) is 2. The normalized spacial score (nSPS) is 14.6. The Morgan fingerprint density at radius 3 is 2.25 bits per heavy atom. The van der Waals surface area contributed by atoms with Gasteiger partial charge in [-0.3, -0.25) is 5.41 Å². The van der Waals surface area contributed by atoms with Crippen LogP contribution in [0.5, 0.6) is 5.75 Å². The van der Waals surface area contributed by atoms with Crippen LogP contribution in [0.1, 0.15) is 29.9 Å². The summed E-state index contributed by atoms with van der Waals surface area (Å²) in [6, 6.07) is 23.7. The van der Waals surface area contributed by atoms with Gasteiger partial charge in [0.25, 0.3) is 0 Å². The lowest BCUT2D eigenvalue weighted by Gasteiger charge is -2.14. The number of benzene rings is 3. The summed E-state index contributed by atoms with van der Waals surface area (Å²) < 4.78 is 9.61. The Bertz CT molecular complexity index is 1270. The Morgan fingerprint density at radius 2 is 1.59 bits per heavy atom. The van der Waals surface area contributed by atoms with Gasteiger partial charge in [0.2, 0.25) is 5.62 Å². The lowest BCUT2D eigenvalue weighted by molar-refractivity contribution is 0.0921. The number of aliphatic hydroxyl groups excluding tert-OH is 1. The number of para-hydroxylation sites is 2. The van der Waals surface area contributed by atoms with Crippen molar-refractivity contribution in [3.8, 4) is 5.75 Å². The zero-order valence-electron chi connectivity index (χ0n) is 17.7. The maximum absolute atomic E-state index is 10.7. The summed E-state index contributed by atoms with van der Waals surface area (Å²) in [5.74, 6) is 1.47. The van der Waals surface area contributed by atoms with Crippen LogP contribution in [0.25, 0.3) is 11.0 Å². The Morgan fingerprint density at radius 1 is 0.938 bits per heavy atom. The van der Waals surface area contributed by atoms with E-state index in [-0.39, 0.29) is 13.2 Å². The van der Waals surface area contributed by atoms with E-state index in [0.29, 0.717) is 23.1 Å². The second-order valence-corrected chi connectivity index (χ2v) is 8.88. The molecule has 1 aliphatic carbocycles.